The summed E-state index contributed by atoms with van der Waals surface area (Å²) >= 11 is 0. The summed E-state index contributed by atoms with van der Waals surface area (Å²) in [5.41, 5.74) is 0.365. The summed E-state index contributed by atoms with van der Waals surface area (Å²) in [4.78, 5) is 42.3. The molecule has 1 aromatic rings. The van der Waals surface area contributed by atoms with Crippen LogP contribution in [0.25, 0.3) is 0 Å². The van der Waals surface area contributed by atoms with Gasteiger partial charge in [-0.1, -0.05) is 18.2 Å². The van der Waals surface area contributed by atoms with Crippen molar-refractivity contribution in [2.45, 2.75) is 18.9 Å². The summed E-state index contributed by atoms with van der Waals surface area (Å²) in [6.45, 7) is 0. The van der Waals surface area contributed by atoms with Crippen LogP contribution in [0.1, 0.15) is 23.2 Å². The van der Waals surface area contributed by atoms with E-state index in [4.69, 9.17) is 5.90 Å². The number of nitrogens with one attached hydrogen (secondary N) is 1. The normalized spacial score (nSPS) is 11.3. The van der Waals surface area contributed by atoms with Crippen LogP contribution in [0.5, 0.6) is 0 Å². The maximum Gasteiger partial charge on any atom is 0.347 e. The summed E-state index contributed by atoms with van der Waals surface area (Å²) in [5.74, 6) is 7.41. The molecular formula is C12H15N3O5. The van der Waals surface area contributed by atoms with E-state index in [1.54, 1.807) is 30.3 Å². The van der Waals surface area contributed by atoms with E-state index in [1.165, 1.54) is 0 Å². The second kappa shape index (κ2) is 7.87. The molecule has 8 nitrogen and oxygen atoms in total. The first-order chi connectivity index (χ1) is 9.58. The molecule has 108 valence electrons. The van der Waals surface area contributed by atoms with Gasteiger partial charge in [0.1, 0.15) is 6.04 Å². The van der Waals surface area contributed by atoms with Crippen LogP contribution < -0.4 is 17.1 Å². The smallest absolute Gasteiger partial charge is 0.347 e. The second-order valence-corrected chi connectivity index (χ2v) is 3.86. The predicted molar refractivity (Wildman–Crippen MR) is 67.5 cm³/mol. The molecule has 1 atom stereocenters. The van der Waals surface area contributed by atoms with Crippen molar-refractivity contribution >= 4 is 17.8 Å². The molecule has 0 unspecified atom stereocenters. The second-order valence-electron chi connectivity index (χ2n) is 3.86. The summed E-state index contributed by atoms with van der Waals surface area (Å²) < 4.78 is 0. The van der Waals surface area contributed by atoms with Gasteiger partial charge in [-0.2, -0.15) is 11.8 Å². The minimum Gasteiger partial charge on any atom is -0.373 e. The van der Waals surface area contributed by atoms with E-state index in [1.807, 2.05) is 0 Å². The Morgan fingerprint density at radius 1 is 1.10 bits per heavy atom. The van der Waals surface area contributed by atoms with Gasteiger partial charge in [-0.3, -0.25) is 9.59 Å². The fraction of sp³-hybridized carbons (Fsp3) is 0.250. The molecule has 0 heterocycles. The zero-order valence-electron chi connectivity index (χ0n) is 10.6. The Bertz CT molecular complexity index is 477. The van der Waals surface area contributed by atoms with Gasteiger partial charge in [0.15, 0.2) is 0 Å². The Balaban J connectivity index is 2.67. The zero-order chi connectivity index (χ0) is 15.0. The van der Waals surface area contributed by atoms with Crippen molar-refractivity contribution in [3.8, 4) is 0 Å². The van der Waals surface area contributed by atoms with Crippen molar-refractivity contribution in [2.24, 2.45) is 11.8 Å². The standard InChI is InChI=1S/C12H15N3O5/c13-19-10(16)7-6-9(12(18)20-14)15-11(17)8-4-2-1-3-5-8/h1-5,9H,6-7,13-14H2,(H,15,17)/t9-/m0/s1. The largest absolute Gasteiger partial charge is 0.373 e. The van der Waals surface area contributed by atoms with Crippen LogP contribution in [-0.2, 0) is 19.3 Å². The molecule has 1 amide bonds. The first kappa shape index (κ1) is 15.6. The van der Waals surface area contributed by atoms with Crippen LogP contribution in [0, 0.1) is 0 Å². The highest BCUT2D eigenvalue weighted by molar-refractivity contribution is 5.96. The lowest BCUT2D eigenvalue weighted by Gasteiger charge is -2.15. The minimum absolute atomic E-state index is 0.0371. The summed E-state index contributed by atoms with van der Waals surface area (Å²) in [5, 5.41) is 2.42. The number of amides is 1. The number of carbonyl (C=O) groups excluding carboxylic acids is 3. The Hall–Kier alpha value is -2.45. The third-order valence-corrected chi connectivity index (χ3v) is 2.51. The number of benzene rings is 1. The average Bonchev–Trinajstić information content (AvgIpc) is 2.50. The fourth-order valence-electron chi connectivity index (χ4n) is 1.48. The number of hydrogen-bond acceptors (Lipinski definition) is 7. The molecule has 0 bridgehead atoms. The van der Waals surface area contributed by atoms with Gasteiger partial charge >= 0.3 is 11.9 Å². The maximum absolute atomic E-state index is 11.9. The van der Waals surface area contributed by atoms with Crippen LogP contribution >= 0.6 is 0 Å². The van der Waals surface area contributed by atoms with Gasteiger partial charge in [-0.15, -0.1) is 0 Å². The SMILES string of the molecule is NOC(=O)CC[C@H](NC(=O)c1ccccc1)C(=O)ON. The highest BCUT2D eigenvalue weighted by Crippen LogP contribution is 2.04. The van der Waals surface area contributed by atoms with Crippen LogP contribution in [-0.4, -0.2) is 23.9 Å². The Morgan fingerprint density at radius 3 is 2.30 bits per heavy atom. The van der Waals surface area contributed by atoms with E-state index < -0.39 is 23.9 Å². The number of carbonyl (C=O) groups is 3. The van der Waals surface area contributed by atoms with Gasteiger partial charge in [-0.25, -0.2) is 4.79 Å². The Morgan fingerprint density at radius 2 is 1.75 bits per heavy atom. The van der Waals surface area contributed by atoms with Crippen molar-refractivity contribution < 1.29 is 24.1 Å². The quantitative estimate of drug-likeness (QED) is 0.592. The van der Waals surface area contributed by atoms with E-state index in [-0.39, 0.29) is 12.8 Å². The summed E-state index contributed by atoms with van der Waals surface area (Å²) in [7, 11) is 0. The van der Waals surface area contributed by atoms with E-state index in [2.05, 4.69) is 20.9 Å². The lowest BCUT2D eigenvalue weighted by Crippen LogP contribution is -2.43. The van der Waals surface area contributed by atoms with E-state index >= 15 is 0 Å². The predicted octanol–water partition coefficient (Wildman–Crippen LogP) is -0.601. The third-order valence-electron chi connectivity index (χ3n) is 2.51. The fourth-order valence-corrected chi connectivity index (χ4v) is 1.48. The van der Waals surface area contributed by atoms with Crippen molar-refractivity contribution in [3.05, 3.63) is 35.9 Å². The minimum atomic E-state index is -1.06. The molecule has 1 rings (SSSR count). The summed E-state index contributed by atoms with van der Waals surface area (Å²) in [6, 6.07) is 7.20. The van der Waals surface area contributed by atoms with Gasteiger partial charge in [0.05, 0.1) is 0 Å². The van der Waals surface area contributed by atoms with Gasteiger partial charge < -0.3 is 15.0 Å². The van der Waals surface area contributed by atoms with E-state index in [0.717, 1.165) is 0 Å². The van der Waals surface area contributed by atoms with Gasteiger partial charge in [0.25, 0.3) is 5.91 Å². The zero-order valence-corrected chi connectivity index (χ0v) is 10.6. The molecule has 20 heavy (non-hydrogen) atoms. The molecule has 0 aliphatic carbocycles. The Kier molecular flexibility index (Phi) is 6.14. The molecule has 1 aromatic carbocycles. The van der Waals surface area contributed by atoms with Crippen molar-refractivity contribution in [1.29, 1.82) is 0 Å². The van der Waals surface area contributed by atoms with E-state index in [9.17, 15) is 14.4 Å². The molecule has 0 aliphatic heterocycles. The third kappa shape index (κ3) is 4.67. The first-order valence-electron chi connectivity index (χ1n) is 5.74. The molecular weight excluding hydrogens is 266 g/mol. The molecule has 8 heteroatoms. The molecule has 5 N–H and O–H groups in total. The van der Waals surface area contributed by atoms with Gasteiger partial charge in [-0.05, 0) is 18.6 Å². The average molecular weight is 281 g/mol. The van der Waals surface area contributed by atoms with Crippen molar-refractivity contribution in [2.75, 3.05) is 0 Å². The lowest BCUT2D eigenvalue weighted by molar-refractivity contribution is -0.148. The molecule has 0 aromatic heterocycles. The topological polar surface area (TPSA) is 134 Å². The number of hydrogen-bond donors (Lipinski definition) is 3. The molecule has 0 aliphatic rings. The first-order valence-corrected chi connectivity index (χ1v) is 5.74. The summed E-state index contributed by atoms with van der Waals surface area (Å²) in [6.07, 6.45) is -0.198. The molecule has 0 saturated carbocycles. The monoisotopic (exact) mass is 281 g/mol. The van der Waals surface area contributed by atoms with Gasteiger partial charge in [0.2, 0.25) is 0 Å². The molecule has 0 spiro atoms. The van der Waals surface area contributed by atoms with Crippen LogP contribution in [0.2, 0.25) is 0 Å². The highest BCUT2D eigenvalue weighted by atomic mass is 16.7. The van der Waals surface area contributed by atoms with Crippen LogP contribution in [0.3, 0.4) is 0 Å². The van der Waals surface area contributed by atoms with Crippen LogP contribution in [0.15, 0.2) is 30.3 Å². The molecule has 0 saturated heterocycles. The van der Waals surface area contributed by atoms with Crippen molar-refractivity contribution in [1.82, 2.24) is 5.32 Å². The van der Waals surface area contributed by atoms with Crippen LogP contribution in [0.4, 0.5) is 0 Å². The number of nitrogens with two attached hydrogens (primary N) is 2. The van der Waals surface area contributed by atoms with Crippen molar-refractivity contribution in [3.63, 3.8) is 0 Å². The highest BCUT2D eigenvalue weighted by Gasteiger charge is 2.23. The lowest BCUT2D eigenvalue weighted by atomic mass is 10.1. The molecule has 0 fully saturated rings. The Labute approximate surface area is 114 Å². The molecule has 0 radical (unpaired) electrons. The van der Waals surface area contributed by atoms with E-state index in [0.29, 0.717) is 5.56 Å². The van der Waals surface area contributed by atoms with Gasteiger partial charge in [0, 0.05) is 12.0 Å². The maximum atomic E-state index is 11.9. The number of rotatable bonds is 6.